The van der Waals surface area contributed by atoms with E-state index in [1.807, 2.05) is 39.0 Å². The summed E-state index contributed by atoms with van der Waals surface area (Å²) in [5, 5.41) is 19.3. The van der Waals surface area contributed by atoms with Crippen LogP contribution < -0.4 is 10.6 Å². The molecule has 25 heavy (non-hydrogen) atoms. The van der Waals surface area contributed by atoms with E-state index in [0.717, 1.165) is 16.9 Å². The van der Waals surface area contributed by atoms with E-state index in [0.29, 0.717) is 12.2 Å². The van der Waals surface area contributed by atoms with Crippen LogP contribution in [0.1, 0.15) is 25.1 Å². The van der Waals surface area contributed by atoms with Crippen molar-refractivity contribution >= 4 is 17.4 Å². The fourth-order valence-electron chi connectivity index (χ4n) is 2.55. The average molecular weight is 339 g/mol. The predicted molar refractivity (Wildman–Crippen MR) is 95.9 cm³/mol. The Labute approximate surface area is 145 Å². The van der Waals surface area contributed by atoms with Crippen LogP contribution in [-0.2, 0) is 5.41 Å². The van der Waals surface area contributed by atoms with Crippen molar-refractivity contribution in [3.05, 3.63) is 54.0 Å². The minimum Gasteiger partial charge on any atom is -0.508 e. The van der Waals surface area contributed by atoms with E-state index >= 15 is 0 Å². The molecule has 0 aliphatic rings. The van der Waals surface area contributed by atoms with E-state index in [2.05, 4.69) is 20.7 Å². The number of phenolic OH excluding ortho intramolecular Hbond substituents is 1. The van der Waals surface area contributed by atoms with E-state index < -0.39 is 0 Å². The largest absolute Gasteiger partial charge is 0.508 e. The third-order valence-corrected chi connectivity index (χ3v) is 4.03. The smallest absolute Gasteiger partial charge is 0.319 e. The van der Waals surface area contributed by atoms with Crippen LogP contribution in [0, 0.1) is 6.92 Å². The number of fused-ring (bicyclic) bond motifs is 1. The van der Waals surface area contributed by atoms with Gasteiger partial charge < -0.3 is 15.7 Å². The van der Waals surface area contributed by atoms with Gasteiger partial charge in [-0.15, -0.1) is 0 Å². The number of amides is 2. The zero-order chi connectivity index (χ0) is 18.0. The fourth-order valence-corrected chi connectivity index (χ4v) is 2.55. The summed E-state index contributed by atoms with van der Waals surface area (Å²) in [6.45, 7) is 6.39. The van der Waals surface area contributed by atoms with E-state index in [1.54, 1.807) is 29.0 Å². The molecule has 0 spiro atoms. The molecule has 3 N–H and O–H groups in total. The van der Waals surface area contributed by atoms with Crippen molar-refractivity contribution in [1.29, 1.82) is 0 Å². The number of phenols is 1. The summed E-state index contributed by atoms with van der Waals surface area (Å²) in [6.07, 6.45) is 3.32. The molecular weight excluding hydrogens is 318 g/mol. The lowest BCUT2D eigenvalue weighted by molar-refractivity contribution is 0.249. The number of aryl methyl sites for hydroxylation is 1. The Morgan fingerprint density at radius 1 is 1.28 bits per heavy atom. The van der Waals surface area contributed by atoms with Gasteiger partial charge in [-0.2, -0.15) is 5.10 Å². The standard InChI is InChI=1S/C18H21N5O2/c1-12-8-16-19-9-14(10-23(16)22-12)21-17(25)20-11-18(2,3)13-4-6-15(24)7-5-13/h4-10,24H,11H2,1-3H3,(H2,20,21,25). The van der Waals surface area contributed by atoms with Gasteiger partial charge in [-0.25, -0.2) is 14.3 Å². The van der Waals surface area contributed by atoms with E-state index in [1.165, 1.54) is 0 Å². The predicted octanol–water partition coefficient (Wildman–Crippen LogP) is 2.84. The van der Waals surface area contributed by atoms with E-state index in [9.17, 15) is 9.90 Å². The fraction of sp³-hybridized carbons (Fsp3) is 0.278. The number of aromatic nitrogens is 3. The number of hydrogen-bond donors (Lipinski definition) is 3. The first-order chi connectivity index (χ1) is 11.8. The van der Waals surface area contributed by atoms with Crippen LogP contribution in [0.25, 0.3) is 5.65 Å². The molecule has 2 aromatic heterocycles. The van der Waals surface area contributed by atoms with Gasteiger partial charge in [0.25, 0.3) is 0 Å². The molecule has 0 saturated heterocycles. The summed E-state index contributed by atoms with van der Waals surface area (Å²) in [5.41, 5.74) is 2.92. The average Bonchev–Trinajstić information content (AvgIpc) is 2.93. The van der Waals surface area contributed by atoms with Gasteiger partial charge in [0.05, 0.1) is 23.8 Å². The summed E-state index contributed by atoms with van der Waals surface area (Å²) >= 11 is 0. The highest BCUT2D eigenvalue weighted by atomic mass is 16.3. The van der Waals surface area contributed by atoms with Crippen molar-refractivity contribution in [2.24, 2.45) is 0 Å². The van der Waals surface area contributed by atoms with Crippen LogP contribution in [0.15, 0.2) is 42.7 Å². The van der Waals surface area contributed by atoms with Crippen molar-refractivity contribution in [2.75, 3.05) is 11.9 Å². The zero-order valence-electron chi connectivity index (χ0n) is 14.4. The molecule has 0 radical (unpaired) electrons. The molecule has 2 heterocycles. The van der Waals surface area contributed by atoms with E-state index in [-0.39, 0.29) is 17.2 Å². The normalized spacial score (nSPS) is 11.5. The number of benzene rings is 1. The molecule has 0 unspecified atom stereocenters. The van der Waals surface area contributed by atoms with Crippen molar-refractivity contribution < 1.29 is 9.90 Å². The van der Waals surface area contributed by atoms with Crippen LogP contribution in [0.4, 0.5) is 10.5 Å². The summed E-state index contributed by atoms with van der Waals surface area (Å²) in [7, 11) is 0. The highest BCUT2D eigenvalue weighted by Crippen LogP contribution is 2.24. The number of urea groups is 1. The maximum absolute atomic E-state index is 12.2. The van der Waals surface area contributed by atoms with Crippen molar-refractivity contribution in [1.82, 2.24) is 19.9 Å². The Kier molecular flexibility index (Phi) is 4.31. The molecule has 0 atom stereocenters. The number of anilines is 1. The second-order valence-electron chi connectivity index (χ2n) is 6.67. The molecular formula is C18H21N5O2. The third-order valence-electron chi connectivity index (χ3n) is 4.03. The number of nitrogens with one attached hydrogen (secondary N) is 2. The Morgan fingerprint density at radius 2 is 2.00 bits per heavy atom. The minimum atomic E-state index is -0.308. The second-order valence-corrected chi connectivity index (χ2v) is 6.67. The Morgan fingerprint density at radius 3 is 2.72 bits per heavy atom. The Bertz CT molecular complexity index is 899. The molecule has 130 valence electrons. The van der Waals surface area contributed by atoms with Gasteiger partial charge in [-0.05, 0) is 24.6 Å². The van der Waals surface area contributed by atoms with Crippen LogP contribution in [0.5, 0.6) is 5.75 Å². The minimum absolute atomic E-state index is 0.224. The maximum atomic E-state index is 12.2. The summed E-state index contributed by atoms with van der Waals surface area (Å²) in [6, 6.07) is 8.55. The molecule has 2 amide bonds. The first-order valence-corrected chi connectivity index (χ1v) is 8.00. The number of aromatic hydroxyl groups is 1. The summed E-state index contributed by atoms with van der Waals surface area (Å²) in [4.78, 5) is 16.4. The Hall–Kier alpha value is -3.09. The second kappa shape index (κ2) is 6.43. The lowest BCUT2D eigenvalue weighted by atomic mass is 9.84. The maximum Gasteiger partial charge on any atom is 0.319 e. The quantitative estimate of drug-likeness (QED) is 0.681. The first kappa shape index (κ1) is 16.8. The molecule has 1 aromatic carbocycles. The van der Waals surface area contributed by atoms with Crippen LogP contribution in [0.2, 0.25) is 0 Å². The molecule has 0 saturated carbocycles. The monoisotopic (exact) mass is 339 g/mol. The van der Waals surface area contributed by atoms with Crippen LogP contribution in [0.3, 0.4) is 0 Å². The first-order valence-electron chi connectivity index (χ1n) is 8.00. The van der Waals surface area contributed by atoms with Crippen molar-refractivity contribution in [3.63, 3.8) is 0 Å². The third kappa shape index (κ3) is 3.88. The molecule has 3 aromatic rings. The number of rotatable bonds is 4. The zero-order valence-corrected chi connectivity index (χ0v) is 14.4. The topological polar surface area (TPSA) is 91.5 Å². The molecule has 0 bridgehead atoms. The van der Waals surface area contributed by atoms with Gasteiger partial charge in [0, 0.05) is 18.0 Å². The van der Waals surface area contributed by atoms with Gasteiger partial charge in [0.1, 0.15) is 5.75 Å². The number of carbonyl (C=O) groups is 1. The van der Waals surface area contributed by atoms with Gasteiger partial charge in [-0.1, -0.05) is 26.0 Å². The highest BCUT2D eigenvalue weighted by molar-refractivity contribution is 5.89. The molecule has 0 aliphatic heterocycles. The number of hydrogen-bond acceptors (Lipinski definition) is 4. The number of carbonyl (C=O) groups excluding carboxylic acids is 1. The van der Waals surface area contributed by atoms with E-state index in [4.69, 9.17) is 0 Å². The van der Waals surface area contributed by atoms with Crippen molar-refractivity contribution in [2.45, 2.75) is 26.2 Å². The highest BCUT2D eigenvalue weighted by Gasteiger charge is 2.21. The van der Waals surface area contributed by atoms with Crippen LogP contribution in [-0.4, -0.2) is 32.3 Å². The molecule has 7 nitrogen and oxygen atoms in total. The molecule has 7 heteroatoms. The SMILES string of the molecule is Cc1cc2ncc(NC(=O)NCC(C)(C)c3ccc(O)cc3)cn2n1. The lowest BCUT2D eigenvalue weighted by Crippen LogP contribution is -2.39. The van der Waals surface area contributed by atoms with Gasteiger partial charge in [-0.3, -0.25) is 0 Å². The Balaban J connectivity index is 1.62. The van der Waals surface area contributed by atoms with Crippen molar-refractivity contribution in [3.8, 4) is 5.75 Å². The summed E-state index contributed by atoms with van der Waals surface area (Å²) in [5.74, 6) is 0.224. The molecule has 3 rings (SSSR count). The molecule has 0 fully saturated rings. The summed E-state index contributed by atoms with van der Waals surface area (Å²) < 4.78 is 1.63. The lowest BCUT2D eigenvalue weighted by Gasteiger charge is -2.25. The van der Waals surface area contributed by atoms with Crippen LogP contribution >= 0.6 is 0 Å². The molecule has 0 aliphatic carbocycles. The van der Waals surface area contributed by atoms with Gasteiger partial charge >= 0.3 is 6.03 Å². The van der Waals surface area contributed by atoms with Gasteiger partial charge in [0.2, 0.25) is 0 Å². The number of nitrogens with zero attached hydrogens (tertiary/aromatic N) is 3. The van der Waals surface area contributed by atoms with Gasteiger partial charge in [0.15, 0.2) is 5.65 Å².